The second kappa shape index (κ2) is 10.5. The molecule has 0 aromatic heterocycles. The lowest BCUT2D eigenvalue weighted by molar-refractivity contribution is 0.975. The van der Waals surface area contributed by atoms with Gasteiger partial charge in [-0.3, -0.25) is 0 Å². The monoisotopic (exact) mass is 280 g/mol. The smallest absolute Gasteiger partial charge is 0.00483 e. The first-order chi connectivity index (χ1) is 7.00. The maximum Gasteiger partial charge on any atom is 0.00483 e. The standard InChI is InChI=1S/C9H12S5/c1-2-4-6-8-10-12-14-13-11-9-7-5-3-1/h1-4,6,8H,5,7,9H2/b3-1+,4-2+,8-6-. The van der Waals surface area contributed by atoms with Crippen LogP contribution in [0.15, 0.2) is 35.8 Å². The minimum atomic E-state index is 1.19. The Hall–Kier alpha value is 0.970. The first kappa shape index (κ1) is 13.0. The Morgan fingerprint density at radius 2 is 1.79 bits per heavy atom. The van der Waals surface area contributed by atoms with E-state index in [4.69, 9.17) is 0 Å². The van der Waals surface area contributed by atoms with Gasteiger partial charge in [-0.05, 0) is 47.7 Å². The Kier molecular flexibility index (Phi) is 9.77. The van der Waals surface area contributed by atoms with Crippen LogP contribution in [-0.4, -0.2) is 5.75 Å². The SMILES string of the molecule is C1=C\SSSSSCCC/C=C/C=C/1. The minimum Gasteiger partial charge on any atom is -0.0845 e. The van der Waals surface area contributed by atoms with E-state index in [9.17, 15) is 0 Å². The van der Waals surface area contributed by atoms with E-state index in [1.54, 1.807) is 10.8 Å². The fourth-order valence-corrected chi connectivity index (χ4v) is 8.80. The molecule has 5 heteroatoms. The Labute approximate surface area is 105 Å². The van der Waals surface area contributed by atoms with E-state index in [0.717, 1.165) is 0 Å². The van der Waals surface area contributed by atoms with Crippen molar-refractivity contribution in [3.63, 3.8) is 0 Å². The number of hydrogen-bond acceptors (Lipinski definition) is 5. The Morgan fingerprint density at radius 1 is 0.857 bits per heavy atom. The lowest BCUT2D eigenvalue weighted by Gasteiger charge is -1.97. The van der Waals surface area contributed by atoms with E-state index in [1.165, 1.54) is 18.6 Å². The first-order valence-corrected chi connectivity index (χ1v) is 10.6. The van der Waals surface area contributed by atoms with Gasteiger partial charge in [0, 0.05) is 5.75 Å². The van der Waals surface area contributed by atoms with Crippen LogP contribution in [0.5, 0.6) is 0 Å². The molecule has 0 aromatic rings. The predicted octanol–water partition coefficient (Wildman–Crippen LogP) is 5.73. The lowest BCUT2D eigenvalue weighted by Crippen LogP contribution is -1.73. The lowest BCUT2D eigenvalue weighted by atomic mass is 10.3. The molecular formula is C9H12S5. The van der Waals surface area contributed by atoms with Crippen LogP contribution in [0, 0.1) is 0 Å². The molecule has 0 aromatic carbocycles. The number of rotatable bonds is 0. The Bertz CT molecular complexity index is 187. The summed E-state index contributed by atoms with van der Waals surface area (Å²) >= 11 is 0. The van der Waals surface area contributed by atoms with E-state index >= 15 is 0 Å². The average Bonchev–Trinajstić information content (AvgIpc) is 2.22. The highest BCUT2D eigenvalue weighted by Gasteiger charge is 1.92. The quantitative estimate of drug-likeness (QED) is 0.518. The summed E-state index contributed by atoms with van der Waals surface area (Å²) in [5, 5.41) is 2.11. The fourth-order valence-electron chi connectivity index (χ4n) is 0.744. The van der Waals surface area contributed by atoms with Gasteiger partial charge in [-0.1, -0.05) is 52.0 Å². The molecule has 0 saturated carbocycles. The van der Waals surface area contributed by atoms with Crippen LogP contribution in [0.25, 0.3) is 0 Å². The van der Waals surface area contributed by atoms with Crippen LogP contribution in [0.2, 0.25) is 0 Å². The zero-order valence-electron chi connectivity index (χ0n) is 7.63. The molecular weight excluding hydrogens is 268 g/mol. The van der Waals surface area contributed by atoms with Crippen LogP contribution >= 0.6 is 51.1 Å². The van der Waals surface area contributed by atoms with E-state index in [1.807, 2.05) is 40.3 Å². The molecule has 1 aliphatic rings. The molecule has 14 heavy (non-hydrogen) atoms. The molecule has 0 bridgehead atoms. The zero-order chi connectivity index (χ0) is 9.90. The summed E-state index contributed by atoms with van der Waals surface area (Å²) in [6.45, 7) is 0. The summed E-state index contributed by atoms with van der Waals surface area (Å²) in [6.07, 6.45) is 13.1. The zero-order valence-corrected chi connectivity index (χ0v) is 11.7. The van der Waals surface area contributed by atoms with Gasteiger partial charge in [0.1, 0.15) is 0 Å². The van der Waals surface area contributed by atoms with Crippen molar-refractivity contribution < 1.29 is 0 Å². The van der Waals surface area contributed by atoms with Crippen LogP contribution in [0.3, 0.4) is 0 Å². The molecule has 0 radical (unpaired) electrons. The fraction of sp³-hybridized carbons (Fsp3) is 0.333. The normalized spacial score (nSPS) is 27.4. The van der Waals surface area contributed by atoms with Crippen LogP contribution in [0.1, 0.15) is 12.8 Å². The van der Waals surface area contributed by atoms with Gasteiger partial charge in [-0.25, -0.2) is 0 Å². The van der Waals surface area contributed by atoms with Crippen molar-refractivity contribution in [1.82, 2.24) is 0 Å². The molecule has 0 N–H and O–H groups in total. The van der Waals surface area contributed by atoms with Crippen molar-refractivity contribution in [3.8, 4) is 0 Å². The summed E-state index contributed by atoms with van der Waals surface area (Å²) < 4.78 is 0. The summed E-state index contributed by atoms with van der Waals surface area (Å²) in [4.78, 5) is 0. The van der Waals surface area contributed by atoms with Gasteiger partial charge in [0.15, 0.2) is 0 Å². The molecule has 1 aliphatic heterocycles. The topological polar surface area (TPSA) is 0 Å². The van der Waals surface area contributed by atoms with Gasteiger partial charge >= 0.3 is 0 Å². The van der Waals surface area contributed by atoms with E-state index in [2.05, 4.69) is 35.8 Å². The second-order valence-corrected chi connectivity index (χ2v) is 10.1. The second-order valence-electron chi connectivity index (χ2n) is 2.41. The predicted molar refractivity (Wildman–Crippen MR) is 79.5 cm³/mol. The third-order valence-corrected chi connectivity index (χ3v) is 9.62. The van der Waals surface area contributed by atoms with Crippen molar-refractivity contribution in [3.05, 3.63) is 35.8 Å². The molecule has 78 valence electrons. The molecule has 1 rings (SSSR count). The largest absolute Gasteiger partial charge is 0.0845 e. The van der Waals surface area contributed by atoms with E-state index in [0.29, 0.717) is 0 Å². The maximum atomic E-state index is 2.23. The van der Waals surface area contributed by atoms with Gasteiger partial charge in [0.25, 0.3) is 0 Å². The van der Waals surface area contributed by atoms with Gasteiger partial charge in [-0.2, -0.15) is 0 Å². The maximum absolute atomic E-state index is 2.23. The summed E-state index contributed by atoms with van der Waals surface area (Å²) in [5.41, 5.74) is 0. The first-order valence-electron chi connectivity index (χ1n) is 4.27. The van der Waals surface area contributed by atoms with Gasteiger partial charge in [0.05, 0.1) is 0 Å². The molecule has 0 saturated heterocycles. The van der Waals surface area contributed by atoms with Gasteiger partial charge < -0.3 is 0 Å². The summed E-state index contributed by atoms with van der Waals surface area (Å²) in [5.74, 6) is 1.24. The highest BCUT2D eigenvalue weighted by Crippen LogP contribution is 2.48. The van der Waals surface area contributed by atoms with E-state index < -0.39 is 0 Å². The highest BCUT2D eigenvalue weighted by molar-refractivity contribution is 9.35. The van der Waals surface area contributed by atoms with Crippen molar-refractivity contribution >= 4 is 51.1 Å². The molecule has 0 aliphatic carbocycles. The third-order valence-electron chi connectivity index (χ3n) is 1.34. The average molecular weight is 281 g/mol. The summed E-state index contributed by atoms with van der Waals surface area (Å²) in [6, 6.07) is 0. The van der Waals surface area contributed by atoms with Crippen molar-refractivity contribution in [1.29, 1.82) is 0 Å². The minimum absolute atomic E-state index is 1.19. The molecule has 0 spiro atoms. The number of hydrogen-bond donors (Lipinski definition) is 0. The molecule has 0 nitrogen and oxygen atoms in total. The number of allylic oxidation sites excluding steroid dienone is 5. The Balaban J connectivity index is 2.27. The highest BCUT2D eigenvalue weighted by atomic mass is 33.8. The molecule has 1 heterocycles. The van der Waals surface area contributed by atoms with E-state index in [-0.39, 0.29) is 0 Å². The van der Waals surface area contributed by atoms with Crippen molar-refractivity contribution in [2.24, 2.45) is 0 Å². The summed E-state index contributed by atoms with van der Waals surface area (Å²) in [7, 11) is 9.26. The Morgan fingerprint density at radius 3 is 2.79 bits per heavy atom. The van der Waals surface area contributed by atoms with Crippen LogP contribution in [0.4, 0.5) is 0 Å². The molecule has 0 fully saturated rings. The van der Waals surface area contributed by atoms with Crippen LogP contribution < -0.4 is 0 Å². The molecule has 0 atom stereocenters. The van der Waals surface area contributed by atoms with Crippen molar-refractivity contribution in [2.75, 3.05) is 5.75 Å². The van der Waals surface area contributed by atoms with Gasteiger partial charge in [0.2, 0.25) is 0 Å². The van der Waals surface area contributed by atoms with Gasteiger partial charge in [-0.15, -0.1) is 0 Å². The van der Waals surface area contributed by atoms with Crippen LogP contribution in [-0.2, 0) is 0 Å². The molecule has 0 amide bonds. The third kappa shape index (κ3) is 8.29. The van der Waals surface area contributed by atoms with Crippen molar-refractivity contribution in [2.45, 2.75) is 12.8 Å². The molecule has 0 unspecified atom stereocenters.